The first-order chi connectivity index (χ1) is 8.96. The highest BCUT2D eigenvalue weighted by atomic mass is 16.5. The van der Waals surface area contributed by atoms with Crippen molar-refractivity contribution in [3.05, 3.63) is 36.6 Å². The predicted octanol–water partition coefficient (Wildman–Crippen LogP) is 2.09. The second-order valence-corrected chi connectivity index (χ2v) is 3.16. The first-order valence-corrected chi connectivity index (χ1v) is 5.19. The second kappa shape index (κ2) is 8.57. The Balaban J connectivity index is 0.000000711. The Morgan fingerprint density at radius 1 is 1.21 bits per heavy atom. The van der Waals surface area contributed by atoms with Crippen LogP contribution in [0.25, 0.3) is 0 Å². The van der Waals surface area contributed by atoms with Gasteiger partial charge in [0, 0.05) is 6.92 Å². The van der Waals surface area contributed by atoms with E-state index in [1.807, 2.05) is 0 Å². The van der Waals surface area contributed by atoms with Crippen LogP contribution in [0.2, 0.25) is 0 Å². The summed E-state index contributed by atoms with van der Waals surface area (Å²) in [6, 6.07) is 4.77. The normalized spacial score (nSPS) is 8.58. The smallest absolute Gasteiger partial charge is 0.343 e. The van der Waals surface area contributed by atoms with E-state index < -0.39 is 11.9 Å². The lowest BCUT2D eigenvalue weighted by Gasteiger charge is -2.08. The number of ether oxygens (including phenoxy) is 3. The zero-order chi connectivity index (χ0) is 14.8. The second-order valence-electron chi connectivity index (χ2n) is 3.16. The SMILES string of the molecule is C=COC(=O)c1ccc(OC)c(OC)c1.CC(=O)O. The van der Waals surface area contributed by atoms with Gasteiger partial charge in [0.05, 0.1) is 26.0 Å². The standard InChI is InChI=1S/C11H12O4.C2H4O2/c1-4-15-11(12)8-5-6-9(13-2)10(7-8)14-3;1-2(3)4/h4-7H,1H2,2-3H3;1H3,(H,3,4). The molecule has 6 heteroatoms. The minimum atomic E-state index is -0.833. The molecular formula is C13H16O6. The largest absolute Gasteiger partial charge is 0.493 e. The summed E-state index contributed by atoms with van der Waals surface area (Å²) >= 11 is 0. The third kappa shape index (κ3) is 6.11. The van der Waals surface area contributed by atoms with Crippen molar-refractivity contribution in [1.29, 1.82) is 0 Å². The number of carbonyl (C=O) groups is 2. The Labute approximate surface area is 111 Å². The molecule has 0 saturated heterocycles. The van der Waals surface area contributed by atoms with Gasteiger partial charge in [-0.1, -0.05) is 6.58 Å². The van der Waals surface area contributed by atoms with Crippen LogP contribution in [0.1, 0.15) is 17.3 Å². The molecule has 0 saturated carbocycles. The average Bonchev–Trinajstić information content (AvgIpc) is 2.37. The van der Waals surface area contributed by atoms with Gasteiger partial charge >= 0.3 is 5.97 Å². The van der Waals surface area contributed by atoms with E-state index in [4.69, 9.17) is 19.4 Å². The van der Waals surface area contributed by atoms with E-state index in [2.05, 4.69) is 11.3 Å². The molecular weight excluding hydrogens is 252 g/mol. The Morgan fingerprint density at radius 3 is 2.16 bits per heavy atom. The summed E-state index contributed by atoms with van der Waals surface area (Å²) in [5.41, 5.74) is 0.382. The number of esters is 1. The van der Waals surface area contributed by atoms with Gasteiger partial charge in [0.15, 0.2) is 11.5 Å². The van der Waals surface area contributed by atoms with Crippen molar-refractivity contribution >= 4 is 11.9 Å². The minimum Gasteiger partial charge on any atom is -0.493 e. The molecule has 0 aliphatic carbocycles. The van der Waals surface area contributed by atoms with Crippen molar-refractivity contribution in [2.24, 2.45) is 0 Å². The van der Waals surface area contributed by atoms with Crippen LogP contribution in [-0.4, -0.2) is 31.3 Å². The molecule has 0 radical (unpaired) electrons. The maximum atomic E-state index is 11.3. The zero-order valence-electron chi connectivity index (χ0n) is 11.0. The molecule has 0 aromatic heterocycles. The summed E-state index contributed by atoms with van der Waals surface area (Å²) in [4.78, 5) is 20.3. The third-order valence-corrected chi connectivity index (χ3v) is 1.81. The van der Waals surface area contributed by atoms with E-state index in [0.717, 1.165) is 13.2 Å². The van der Waals surface area contributed by atoms with Crippen LogP contribution in [0.5, 0.6) is 11.5 Å². The van der Waals surface area contributed by atoms with Gasteiger partial charge in [-0.05, 0) is 18.2 Å². The highest BCUT2D eigenvalue weighted by molar-refractivity contribution is 5.90. The van der Waals surface area contributed by atoms with Crippen LogP contribution in [0, 0.1) is 0 Å². The zero-order valence-corrected chi connectivity index (χ0v) is 11.0. The van der Waals surface area contributed by atoms with Gasteiger partial charge in [-0.3, -0.25) is 4.79 Å². The molecule has 0 unspecified atom stereocenters. The van der Waals surface area contributed by atoms with E-state index in [-0.39, 0.29) is 0 Å². The van der Waals surface area contributed by atoms with Gasteiger partial charge in [-0.15, -0.1) is 0 Å². The summed E-state index contributed by atoms with van der Waals surface area (Å²) in [6.45, 7) is 4.39. The molecule has 0 fully saturated rings. The molecule has 0 atom stereocenters. The molecule has 1 aromatic carbocycles. The summed E-state index contributed by atoms with van der Waals surface area (Å²) in [7, 11) is 3.03. The van der Waals surface area contributed by atoms with Crippen molar-refractivity contribution in [2.75, 3.05) is 14.2 Å². The van der Waals surface area contributed by atoms with Gasteiger partial charge < -0.3 is 19.3 Å². The van der Waals surface area contributed by atoms with Crippen molar-refractivity contribution in [1.82, 2.24) is 0 Å². The summed E-state index contributed by atoms with van der Waals surface area (Å²) in [5.74, 6) is -0.269. The van der Waals surface area contributed by atoms with E-state index in [9.17, 15) is 4.79 Å². The lowest BCUT2D eigenvalue weighted by atomic mass is 10.2. The molecule has 1 rings (SSSR count). The fourth-order valence-electron chi connectivity index (χ4n) is 1.11. The number of methoxy groups -OCH3 is 2. The van der Waals surface area contributed by atoms with Gasteiger partial charge in [0.25, 0.3) is 5.97 Å². The first-order valence-electron chi connectivity index (χ1n) is 5.19. The van der Waals surface area contributed by atoms with Crippen molar-refractivity contribution in [2.45, 2.75) is 6.92 Å². The molecule has 0 aliphatic rings. The number of hydrogen-bond donors (Lipinski definition) is 1. The van der Waals surface area contributed by atoms with E-state index in [0.29, 0.717) is 17.1 Å². The number of hydrogen-bond acceptors (Lipinski definition) is 5. The fourth-order valence-corrected chi connectivity index (χ4v) is 1.11. The number of carbonyl (C=O) groups excluding carboxylic acids is 1. The Morgan fingerprint density at radius 2 is 1.74 bits per heavy atom. The highest BCUT2D eigenvalue weighted by Crippen LogP contribution is 2.27. The molecule has 0 spiro atoms. The maximum absolute atomic E-state index is 11.3. The number of rotatable bonds is 4. The molecule has 19 heavy (non-hydrogen) atoms. The van der Waals surface area contributed by atoms with Crippen LogP contribution in [0.15, 0.2) is 31.0 Å². The molecule has 1 aromatic rings. The molecule has 0 heterocycles. The minimum absolute atomic E-state index is 0.382. The summed E-state index contributed by atoms with van der Waals surface area (Å²) in [6.07, 6.45) is 1.08. The molecule has 0 aliphatic heterocycles. The topological polar surface area (TPSA) is 82.1 Å². The third-order valence-electron chi connectivity index (χ3n) is 1.81. The lowest BCUT2D eigenvalue weighted by molar-refractivity contribution is -0.134. The van der Waals surface area contributed by atoms with Crippen LogP contribution >= 0.6 is 0 Å². The first kappa shape index (κ1) is 16.5. The average molecular weight is 268 g/mol. The van der Waals surface area contributed by atoms with Crippen LogP contribution < -0.4 is 9.47 Å². The highest BCUT2D eigenvalue weighted by Gasteiger charge is 2.10. The van der Waals surface area contributed by atoms with E-state index >= 15 is 0 Å². The van der Waals surface area contributed by atoms with Gasteiger partial charge in [-0.25, -0.2) is 4.79 Å². The Kier molecular flexibility index (Phi) is 7.44. The fraction of sp³-hybridized carbons (Fsp3) is 0.231. The van der Waals surface area contributed by atoms with Crippen molar-refractivity contribution < 1.29 is 28.9 Å². The number of aliphatic carboxylic acids is 1. The molecule has 1 N–H and O–H groups in total. The monoisotopic (exact) mass is 268 g/mol. The summed E-state index contributed by atoms with van der Waals surface area (Å²) in [5, 5.41) is 7.42. The molecule has 104 valence electrons. The van der Waals surface area contributed by atoms with Gasteiger partial charge in [-0.2, -0.15) is 0 Å². The number of carboxylic acid groups (broad SMARTS) is 1. The quantitative estimate of drug-likeness (QED) is 0.665. The van der Waals surface area contributed by atoms with Crippen molar-refractivity contribution in [3.8, 4) is 11.5 Å². The van der Waals surface area contributed by atoms with Crippen LogP contribution in [-0.2, 0) is 9.53 Å². The number of carboxylic acids is 1. The van der Waals surface area contributed by atoms with E-state index in [1.54, 1.807) is 18.2 Å². The number of benzene rings is 1. The lowest BCUT2D eigenvalue weighted by Crippen LogP contribution is -2.01. The predicted molar refractivity (Wildman–Crippen MR) is 68.5 cm³/mol. The molecule has 6 nitrogen and oxygen atoms in total. The Hall–Kier alpha value is -2.50. The van der Waals surface area contributed by atoms with Gasteiger partial charge in [0.1, 0.15) is 0 Å². The molecule has 0 amide bonds. The van der Waals surface area contributed by atoms with Gasteiger partial charge in [0.2, 0.25) is 0 Å². The molecule has 0 bridgehead atoms. The van der Waals surface area contributed by atoms with Crippen LogP contribution in [0.3, 0.4) is 0 Å². The van der Waals surface area contributed by atoms with Crippen molar-refractivity contribution in [3.63, 3.8) is 0 Å². The summed E-state index contributed by atoms with van der Waals surface area (Å²) < 4.78 is 14.7. The Bertz CT molecular complexity index is 448. The van der Waals surface area contributed by atoms with Crippen LogP contribution in [0.4, 0.5) is 0 Å². The maximum Gasteiger partial charge on any atom is 0.343 e. The van der Waals surface area contributed by atoms with E-state index in [1.165, 1.54) is 14.2 Å².